The summed E-state index contributed by atoms with van der Waals surface area (Å²) in [5, 5.41) is 23.2. The lowest BCUT2D eigenvalue weighted by atomic mass is 10.1. The highest BCUT2D eigenvalue weighted by Gasteiger charge is 2.14. The maximum Gasteiger partial charge on any atom is 0.313 e. The van der Waals surface area contributed by atoms with Crippen molar-refractivity contribution < 1.29 is 15.0 Å². The quantitative estimate of drug-likeness (QED) is 0.828. The van der Waals surface area contributed by atoms with Crippen molar-refractivity contribution >= 4 is 17.7 Å². The maximum absolute atomic E-state index is 10.5. The lowest BCUT2D eigenvalue weighted by Gasteiger charge is -2.00. The van der Waals surface area contributed by atoms with Crippen LogP contribution in [-0.2, 0) is 11.8 Å². The number of benzene rings is 1. The number of aliphatic carboxylic acids is 1. The fourth-order valence-electron chi connectivity index (χ4n) is 1.57. The number of carboxylic acids is 1. The van der Waals surface area contributed by atoms with Crippen molar-refractivity contribution in [3.63, 3.8) is 0 Å². The van der Waals surface area contributed by atoms with Crippen molar-refractivity contribution in [3.8, 4) is 17.1 Å². The van der Waals surface area contributed by atoms with Gasteiger partial charge in [-0.3, -0.25) is 4.79 Å². The van der Waals surface area contributed by atoms with E-state index in [0.717, 1.165) is 17.3 Å². The molecule has 0 saturated carbocycles. The maximum atomic E-state index is 10.5. The number of aryl methyl sites for hydroxylation is 2. The Bertz CT molecular complexity index is 625. The number of hydrogen-bond donors (Lipinski definition) is 2. The van der Waals surface area contributed by atoms with Crippen molar-refractivity contribution in [2.24, 2.45) is 7.05 Å². The molecule has 0 unspecified atom stereocenters. The summed E-state index contributed by atoms with van der Waals surface area (Å²) in [5.41, 5.74) is 1.53. The predicted molar refractivity (Wildman–Crippen MR) is 71.2 cm³/mol. The smallest absolute Gasteiger partial charge is 0.313 e. The molecule has 0 aliphatic heterocycles. The van der Waals surface area contributed by atoms with E-state index in [4.69, 9.17) is 5.11 Å². The highest BCUT2D eigenvalue weighted by molar-refractivity contribution is 7.99. The third-order valence-corrected chi connectivity index (χ3v) is 3.45. The van der Waals surface area contributed by atoms with E-state index in [1.54, 1.807) is 25.2 Å². The van der Waals surface area contributed by atoms with Crippen molar-refractivity contribution in [2.45, 2.75) is 12.1 Å². The van der Waals surface area contributed by atoms with Gasteiger partial charge in [-0.1, -0.05) is 23.4 Å². The van der Waals surface area contributed by atoms with Crippen LogP contribution in [0.2, 0.25) is 0 Å². The lowest BCUT2D eigenvalue weighted by molar-refractivity contribution is -0.133. The van der Waals surface area contributed by atoms with E-state index in [0.29, 0.717) is 16.5 Å². The molecular formula is C12H13N3O3S. The molecule has 7 heteroatoms. The van der Waals surface area contributed by atoms with Crippen LogP contribution in [0.25, 0.3) is 11.4 Å². The largest absolute Gasteiger partial charge is 0.507 e. The Labute approximate surface area is 114 Å². The van der Waals surface area contributed by atoms with Gasteiger partial charge in [0.1, 0.15) is 5.75 Å². The summed E-state index contributed by atoms with van der Waals surface area (Å²) in [7, 11) is 1.69. The fourth-order valence-corrected chi connectivity index (χ4v) is 2.20. The number of phenols is 1. The van der Waals surface area contributed by atoms with Gasteiger partial charge in [-0.25, -0.2) is 9.67 Å². The zero-order valence-electron chi connectivity index (χ0n) is 10.5. The molecular weight excluding hydrogens is 266 g/mol. The van der Waals surface area contributed by atoms with E-state index in [-0.39, 0.29) is 11.5 Å². The number of carboxylic acid groups (broad SMARTS) is 1. The number of rotatable bonds is 4. The minimum Gasteiger partial charge on any atom is -0.507 e. The second-order valence-electron chi connectivity index (χ2n) is 4.04. The van der Waals surface area contributed by atoms with Crippen LogP contribution in [0, 0.1) is 6.92 Å². The van der Waals surface area contributed by atoms with E-state index in [1.807, 2.05) is 6.92 Å². The van der Waals surface area contributed by atoms with Gasteiger partial charge in [0.25, 0.3) is 0 Å². The monoisotopic (exact) mass is 279 g/mol. The van der Waals surface area contributed by atoms with E-state index in [9.17, 15) is 9.90 Å². The Morgan fingerprint density at radius 1 is 1.47 bits per heavy atom. The highest BCUT2D eigenvalue weighted by Crippen LogP contribution is 2.29. The number of nitrogens with zero attached hydrogens (tertiary/aromatic N) is 3. The molecule has 100 valence electrons. The lowest BCUT2D eigenvalue weighted by Crippen LogP contribution is -2.00. The highest BCUT2D eigenvalue weighted by atomic mass is 32.2. The zero-order chi connectivity index (χ0) is 14.0. The van der Waals surface area contributed by atoms with Crippen LogP contribution in [0.4, 0.5) is 0 Å². The average molecular weight is 279 g/mol. The summed E-state index contributed by atoms with van der Waals surface area (Å²) in [5.74, 6) is -0.498. The van der Waals surface area contributed by atoms with Gasteiger partial charge < -0.3 is 10.2 Å². The first kappa shape index (κ1) is 13.4. The molecule has 1 aromatic carbocycles. The number of hydrogen-bond acceptors (Lipinski definition) is 5. The van der Waals surface area contributed by atoms with Crippen LogP contribution in [-0.4, -0.2) is 36.7 Å². The van der Waals surface area contributed by atoms with Crippen LogP contribution < -0.4 is 0 Å². The second kappa shape index (κ2) is 5.31. The van der Waals surface area contributed by atoms with E-state index >= 15 is 0 Å². The molecule has 0 aliphatic carbocycles. The Kier molecular flexibility index (Phi) is 3.75. The minimum absolute atomic E-state index is 0.0776. The Morgan fingerprint density at radius 3 is 2.89 bits per heavy atom. The van der Waals surface area contributed by atoms with Gasteiger partial charge in [0.05, 0.1) is 11.3 Å². The molecule has 6 nitrogen and oxygen atoms in total. The van der Waals surface area contributed by atoms with E-state index in [1.165, 1.54) is 4.68 Å². The molecule has 0 spiro atoms. The first-order chi connectivity index (χ1) is 8.97. The summed E-state index contributed by atoms with van der Waals surface area (Å²) < 4.78 is 1.50. The van der Waals surface area contributed by atoms with Crippen LogP contribution >= 0.6 is 11.8 Å². The van der Waals surface area contributed by atoms with Crippen LogP contribution in [0.5, 0.6) is 5.75 Å². The van der Waals surface area contributed by atoms with Gasteiger partial charge in [-0.05, 0) is 19.1 Å². The molecule has 2 N–H and O–H groups in total. The molecule has 0 aliphatic rings. The Hall–Kier alpha value is -2.02. The number of aromatic nitrogens is 3. The second-order valence-corrected chi connectivity index (χ2v) is 4.99. The summed E-state index contributed by atoms with van der Waals surface area (Å²) in [6.07, 6.45) is 0. The molecule has 0 fully saturated rings. The van der Waals surface area contributed by atoms with Gasteiger partial charge in [-0.15, -0.1) is 0 Å². The van der Waals surface area contributed by atoms with Gasteiger partial charge in [0, 0.05) is 7.05 Å². The predicted octanol–water partition coefficient (Wildman–Crippen LogP) is 1.67. The molecule has 0 bridgehead atoms. The molecule has 0 radical (unpaired) electrons. The summed E-state index contributed by atoms with van der Waals surface area (Å²) >= 11 is 1.09. The average Bonchev–Trinajstić information content (AvgIpc) is 2.71. The van der Waals surface area contributed by atoms with Gasteiger partial charge in [0.15, 0.2) is 11.0 Å². The molecule has 2 rings (SSSR count). The van der Waals surface area contributed by atoms with Gasteiger partial charge in [0.2, 0.25) is 0 Å². The van der Waals surface area contributed by atoms with Crippen molar-refractivity contribution in [2.75, 3.05) is 5.75 Å². The standard InChI is InChI=1S/C12H13N3O3S/c1-7-3-4-9(16)8(5-7)11-13-12(15(2)14-11)19-6-10(17)18/h3-5,16H,6H2,1-2H3,(H,17,18). The molecule has 0 atom stereocenters. The van der Waals surface area contributed by atoms with Gasteiger partial charge in [-0.2, -0.15) is 5.10 Å². The number of phenolic OH excluding ortho intramolecular Hbond substituents is 1. The minimum atomic E-state index is -0.909. The fraction of sp³-hybridized carbons (Fsp3) is 0.250. The molecule has 0 amide bonds. The normalized spacial score (nSPS) is 10.6. The first-order valence-electron chi connectivity index (χ1n) is 5.53. The Balaban J connectivity index is 2.33. The summed E-state index contributed by atoms with van der Waals surface area (Å²) in [4.78, 5) is 14.8. The van der Waals surface area contributed by atoms with Crippen LogP contribution in [0.1, 0.15) is 5.56 Å². The van der Waals surface area contributed by atoms with E-state index in [2.05, 4.69) is 10.1 Å². The number of carbonyl (C=O) groups is 1. The topological polar surface area (TPSA) is 88.2 Å². The molecule has 1 aromatic heterocycles. The Morgan fingerprint density at radius 2 is 2.21 bits per heavy atom. The van der Waals surface area contributed by atoms with Crippen molar-refractivity contribution in [3.05, 3.63) is 23.8 Å². The van der Waals surface area contributed by atoms with E-state index < -0.39 is 5.97 Å². The molecule has 0 saturated heterocycles. The third kappa shape index (κ3) is 3.05. The number of thioether (sulfide) groups is 1. The molecule has 2 aromatic rings. The van der Waals surface area contributed by atoms with Crippen molar-refractivity contribution in [1.29, 1.82) is 0 Å². The molecule has 1 heterocycles. The number of aromatic hydroxyl groups is 1. The summed E-state index contributed by atoms with van der Waals surface area (Å²) in [6, 6.07) is 5.17. The molecule has 19 heavy (non-hydrogen) atoms. The van der Waals surface area contributed by atoms with Crippen LogP contribution in [0.15, 0.2) is 23.4 Å². The zero-order valence-corrected chi connectivity index (χ0v) is 11.3. The third-order valence-electron chi connectivity index (χ3n) is 2.44. The van der Waals surface area contributed by atoms with Crippen LogP contribution in [0.3, 0.4) is 0 Å². The SMILES string of the molecule is Cc1ccc(O)c(-c2nc(SCC(=O)O)n(C)n2)c1. The first-order valence-corrected chi connectivity index (χ1v) is 6.51. The van der Waals surface area contributed by atoms with Gasteiger partial charge >= 0.3 is 5.97 Å². The van der Waals surface area contributed by atoms with Crippen molar-refractivity contribution in [1.82, 2.24) is 14.8 Å². The summed E-state index contributed by atoms with van der Waals surface area (Å²) in [6.45, 7) is 1.91.